The number of carbonyl (C=O) groups excluding carboxylic acids is 1. The number of benzene rings is 1. The Morgan fingerprint density at radius 3 is 2.65 bits per heavy atom. The van der Waals surface area contributed by atoms with Crippen LogP contribution >= 0.6 is 0 Å². The van der Waals surface area contributed by atoms with Crippen LogP contribution in [0.1, 0.15) is 69.9 Å². The molecule has 26 heavy (non-hydrogen) atoms. The first-order valence-electron chi connectivity index (χ1n) is 9.82. The summed E-state index contributed by atoms with van der Waals surface area (Å²) in [5.41, 5.74) is 2.46. The monoisotopic (exact) mass is 376 g/mol. The molecule has 0 bridgehead atoms. The molecule has 0 saturated heterocycles. The normalized spacial score (nSPS) is 33.5. The van der Waals surface area contributed by atoms with E-state index in [0.717, 1.165) is 38.5 Å². The Morgan fingerprint density at radius 1 is 1.15 bits per heavy atom. The van der Waals surface area contributed by atoms with Gasteiger partial charge >= 0.3 is 10.1 Å². The van der Waals surface area contributed by atoms with Gasteiger partial charge in [-0.15, -0.1) is 0 Å². The Morgan fingerprint density at radius 2 is 1.92 bits per heavy atom. The number of hydrogen-bond acceptors (Lipinski definition) is 4. The zero-order valence-corrected chi connectivity index (χ0v) is 16.6. The van der Waals surface area contributed by atoms with Gasteiger partial charge in [0, 0.05) is 11.8 Å². The standard InChI is InChI=1S/C21H28O4S/c1-13(2)26(23,24)25-15-5-7-16-14(12-15)4-6-18-17(16)10-11-21(3)19(18)8-9-20(21)22/h5,7,12-13,17-19H,4,6,8-11H2,1-3H3/t17-,18-,19+,21+/m1/s1. The minimum absolute atomic E-state index is 0.104. The van der Waals surface area contributed by atoms with Gasteiger partial charge in [-0.1, -0.05) is 13.0 Å². The van der Waals surface area contributed by atoms with E-state index in [4.69, 9.17) is 4.18 Å². The molecule has 4 nitrogen and oxygen atoms in total. The summed E-state index contributed by atoms with van der Waals surface area (Å²) < 4.78 is 29.4. The van der Waals surface area contributed by atoms with Crippen molar-refractivity contribution in [1.82, 2.24) is 0 Å². The van der Waals surface area contributed by atoms with Gasteiger partial charge in [0.2, 0.25) is 0 Å². The molecule has 0 heterocycles. The molecular formula is C21H28O4S. The Bertz CT molecular complexity index is 842. The van der Waals surface area contributed by atoms with Crippen LogP contribution in [0.4, 0.5) is 0 Å². The van der Waals surface area contributed by atoms with E-state index in [0.29, 0.717) is 29.3 Å². The highest BCUT2D eigenvalue weighted by Crippen LogP contribution is 2.59. The number of rotatable bonds is 3. The first kappa shape index (κ1) is 18.0. The summed E-state index contributed by atoms with van der Waals surface area (Å²) >= 11 is 0. The van der Waals surface area contributed by atoms with Gasteiger partial charge in [0.15, 0.2) is 0 Å². The van der Waals surface area contributed by atoms with Crippen LogP contribution in [0.5, 0.6) is 5.75 Å². The number of carbonyl (C=O) groups is 1. The highest BCUT2D eigenvalue weighted by atomic mass is 32.2. The Kier molecular flexibility index (Phi) is 4.22. The number of hydrogen-bond donors (Lipinski definition) is 0. The molecule has 0 unspecified atom stereocenters. The fraction of sp³-hybridized carbons (Fsp3) is 0.667. The zero-order valence-electron chi connectivity index (χ0n) is 15.8. The number of ketones is 1. The summed E-state index contributed by atoms with van der Waals surface area (Å²) in [4.78, 5) is 12.4. The van der Waals surface area contributed by atoms with Gasteiger partial charge in [0.05, 0.1) is 5.25 Å². The van der Waals surface area contributed by atoms with Crippen LogP contribution in [-0.2, 0) is 21.3 Å². The first-order valence-corrected chi connectivity index (χ1v) is 11.3. The lowest BCUT2D eigenvalue weighted by atomic mass is 9.55. The third-order valence-corrected chi connectivity index (χ3v) is 8.78. The molecule has 3 aliphatic rings. The van der Waals surface area contributed by atoms with Gasteiger partial charge in [0.1, 0.15) is 11.5 Å². The van der Waals surface area contributed by atoms with Crippen molar-refractivity contribution in [3.05, 3.63) is 29.3 Å². The zero-order chi connectivity index (χ0) is 18.7. The van der Waals surface area contributed by atoms with Crippen LogP contribution in [0.25, 0.3) is 0 Å². The maximum atomic E-state index is 12.4. The van der Waals surface area contributed by atoms with Gasteiger partial charge in [-0.3, -0.25) is 4.79 Å². The number of aryl methyl sites for hydroxylation is 1. The molecule has 0 aliphatic heterocycles. The lowest BCUT2D eigenvalue weighted by Gasteiger charge is -2.48. The molecule has 0 spiro atoms. The second-order valence-electron chi connectivity index (χ2n) is 8.82. The molecular weight excluding hydrogens is 348 g/mol. The summed E-state index contributed by atoms with van der Waals surface area (Å²) in [6, 6.07) is 5.78. The Labute approximate surface area is 156 Å². The second-order valence-corrected chi connectivity index (χ2v) is 10.9. The van der Waals surface area contributed by atoms with Crippen molar-refractivity contribution >= 4 is 15.9 Å². The van der Waals surface area contributed by atoms with E-state index in [2.05, 4.69) is 13.0 Å². The van der Waals surface area contributed by atoms with Crippen molar-refractivity contribution in [3.8, 4) is 5.75 Å². The van der Waals surface area contributed by atoms with Crippen LogP contribution < -0.4 is 4.18 Å². The molecule has 3 aliphatic carbocycles. The Balaban J connectivity index is 1.61. The molecule has 4 atom stereocenters. The van der Waals surface area contributed by atoms with Gasteiger partial charge in [-0.2, -0.15) is 8.42 Å². The van der Waals surface area contributed by atoms with Crippen molar-refractivity contribution < 1.29 is 17.4 Å². The van der Waals surface area contributed by atoms with Gasteiger partial charge in [-0.05, 0) is 87.0 Å². The third-order valence-electron chi connectivity index (χ3n) is 7.20. The number of fused-ring (bicyclic) bond motifs is 5. The average Bonchev–Trinajstić information content (AvgIpc) is 2.89. The maximum absolute atomic E-state index is 12.4. The molecule has 2 fully saturated rings. The molecule has 5 heteroatoms. The van der Waals surface area contributed by atoms with Gasteiger partial charge in [-0.25, -0.2) is 0 Å². The molecule has 0 N–H and O–H groups in total. The molecule has 4 rings (SSSR count). The van der Waals surface area contributed by atoms with E-state index in [1.807, 2.05) is 6.07 Å². The average molecular weight is 377 g/mol. The third kappa shape index (κ3) is 2.70. The molecule has 0 amide bonds. The predicted molar refractivity (Wildman–Crippen MR) is 101 cm³/mol. The minimum Gasteiger partial charge on any atom is -0.382 e. The smallest absolute Gasteiger partial charge is 0.311 e. The fourth-order valence-electron chi connectivity index (χ4n) is 5.61. The SMILES string of the molecule is CC(C)S(=O)(=O)Oc1ccc2c(c1)CC[C@@H]1[C@@H]2CC[C@]2(C)C(=O)CC[C@@H]12. The molecule has 2 saturated carbocycles. The van der Waals surface area contributed by atoms with Crippen LogP contribution in [0, 0.1) is 17.3 Å². The topological polar surface area (TPSA) is 60.4 Å². The summed E-state index contributed by atoms with van der Waals surface area (Å²) in [7, 11) is -3.56. The van der Waals surface area contributed by atoms with Crippen molar-refractivity contribution in [3.63, 3.8) is 0 Å². The quantitative estimate of drug-likeness (QED) is 0.741. The van der Waals surface area contributed by atoms with E-state index in [1.165, 1.54) is 11.1 Å². The molecule has 142 valence electrons. The van der Waals surface area contributed by atoms with Crippen molar-refractivity contribution in [2.24, 2.45) is 17.3 Å². The van der Waals surface area contributed by atoms with E-state index >= 15 is 0 Å². The van der Waals surface area contributed by atoms with Gasteiger partial charge < -0.3 is 4.18 Å². The highest BCUT2D eigenvalue weighted by Gasteiger charge is 2.54. The Hall–Kier alpha value is -1.36. The molecule has 1 aromatic carbocycles. The molecule has 0 radical (unpaired) electrons. The summed E-state index contributed by atoms with van der Waals surface area (Å²) in [6.45, 7) is 5.44. The lowest BCUT2D eigenvalue weighted by molar-refractivity contribution is -0.129. The van der Waals surface area contributed by atoms with Crippen molar-refractivity contribution in [2.75, 3.05) is 0 Å². The predicted octanol–water partition coefficient (Wildman–Crippen LogP) is 4.23. The van der Waals surface area contributed by atoms with Crippen LogP contribution in [0.3, 0.4) is 0 Å². The molecule has 1 aromatic rings. The summed E-state index contributed by atoms with van der Waals surface area (Å²) in [6.07, 6.45) is 5.86. The van der Waals surface area contributed by atoms with E-state index in [9.17, 15) is 13.2 Å². The summed E-state index contributed by atoms with van der Waals surface area (Å²) in [5, 5.41) is -0.557. The number of Topliss-reactive ketones (excluding diaryl/α,β-unsaturated/α-hetero) is 1. The van der Waals surface area contributed by atoms with E-state index < -0.39 is 15.4 Å². The van der Waals surface area contributed by atoms with Crippen LogP contribution in [-0.4, -0.2) is 19.5 Å². The first-order chi connectivity index (χ1) is 12.2. The van der Waals surface area contributed by atoms with Crippen molar-refractivity contribution in [1.29, 1.82) is 0 Å². The summed E-state index contributed by atoms with van der Waals surface area (Å²) in [5.74, 6) is 2.48. The maximum Gasteiger partial charge on any atom is 0.311 e. The lowest BCUT2D eigenvalue weighted by Crippen LogP contribution is -2.42. The van der Waals surface area contributed by atoms with E-state index in [1.54, 1.807) is 19.9 Å². The van der Waals surface area contributed by atoms with Gasteiger partial charge in [0.25, 0.3) is 0 Å². The van der Waals surface area contributed by atoms with Crippen LogP contribution in [0.15, 0.2) is 18.2 Å². The fourth-order valence-corrected chi connectivity index (χ4v) is 6.18. The minimum atomic E-state index is -3.56. The second kappa shape index (κ2) is 6.08. The van der Waals surface area contributed by atoms with E-state index in [-0.39, 0.29) is 5.41 Å². The largest absolute Gasteiger partial charge is 0.382 e. The molecule has 0 aromatic heterocycles. The highest BCUT2D eigenvalue weighted by molar-refractivity contribution is 7.87. The van der Waals surface area contributed by atoms with Crippen LogP contribution in [0.2, 0.25) is 0 Å². The van der Waals surface area contributed by atoms with Crippen molar-refractivity contribution in [2.45, 2.75) is 70.5 Å².